The minimum Gasteiger partial charge on any atom is -0.371 e. The molecule has 3 aromatic carbocycles. The molecule has 2 spiro atoms. The van der Waals surface area contributed by atoms with Crippen LogP contribution in [-0.2, 0) is 26.5 Å². The highest BCUT2D eigenvalue weighted by atomic mass is 28.3. The number of amides is 3. The van der Waals surface area contributed by atoms with Crippen LogP contribution in [0.2, 0.25) is 12.1 Å². The Morgan fingerprint density at radius 3 is 1.94 bits per heavy atom. The first-order chi connectivity index (χ1) is 23.0. The second kappa shape index (κ2) is 10.9. The molecule has 9 heteroatoms. The minimum absolute atomic E-state index is 0.139. The van der Waals surface area contributed by atoms with Gasteiger partial charge in [0.2, 0.25) is 0 Å². The fraction of sp³-hybridized carbons (Fsp3) is 0.395. The molecule has 9 rings (SSSR count). The van der Waals surface area contributed by atoms with E-state index < -0.39 is 13.7 Å². The first kappa shape index (κ1) is 29.0. The summed E-state index contributed by atoms with van der Waals surface area (Å²) in [6.07, 6.45) is 8.87. The van der Waals surface area contributed by atoms with Crippen molar-refractivity contribution in [3.05, 3.63) is 94.6 Å². The third-order valence-corrected chi connectivity index (χ3v) is 17.0. The number of hydrogen-bond acceptors (Lipinski definition) is 6. The zero-order valence-electron chi connectivity index (χ0n) is 26.7. The molecule has 6 aliphatic heterocycles. The van der Waals surface area contributed by atoms with E-state index in [-0.39, 0.29) is 30.8 Å². The number of benzene rings is 3. The smallest absolute Gasteiger partial charge is 0.253 e. The number of nitrogens with zero attached hydrogens (tertiary/aromatic N) is 3. The van der Waals surface area contributed by atoms with Gasteiger partial charge >= 0.3 is 0 Å². The maximum absolute atomic E-state index is 13.5. The van der Waals surface area contributed by atoms with E-state index in [1.807, 2.05) is 18.2 Å². The maximum atomic E-state index is 13.5. The zero-order chi connectivity index (χ0) is 31.8. The third kappa shape index (κ3) is 4.32. The summed E-state index contributed by atoms with van der Waals surface area (Å²) in [6.45, 7) is 5.27. The predicted octanol–water partition coefficient (Wildman–Crippen LogP) is 3.64. The minimum atomic E-state index is -2.11. The highest BCUT2D eigenvalue weighted by Crippen LogP contribution is 2.51. The molecule has 8 nitrogen and oxygen atoms in total. The van der Waals surface area contributed by atoms with Crippen LogP contribution in [0.25, 0.3) is 0 Å². The number of carbonyl (C=O) groups is 3. The zero-order valence-corrected chi connectivity index (χ0v) is 27.7. The summed E-state index contributed by atoms with van der Waals surface area (Å²) in [5.74, 6) is -0.911. The van der Waals surface area contributed by atoms with Crippen LogP contribution in [0.4, 0.5) is 11.4 Å². The molecule has 0 atom stereocenters. The van der Waals surface area contributed by atoms with Crippen molar-refractivity contribution in [2.45, 2.75) is 56.4 Å². The SMILES string of the molecule is O=C(NCCN1C(=O)C=CC1=O)c1ccc2c(c1)C1(OC2)c2ccc(N3CCC3)cc2[Si]2(CCCCC2)c2cc(N3CCC3)ccc21. The molecule has 1 N–H and O–H groups in total. The largest absolute Gasteiger partial charge is 0.371 e. The molecule has 6 heterocycles. The Kier molecular flexibility index (Phi) is 6.73. The molecular weight excluding hydrogens is 605 g/mol. The van der Waals surface area contributed by atoms with Crippen molar-refractivity contribution in [1.29, 1.82) is 0 Å². The van der Waals surface area contributed by atoms with Crippen molar-refractivity contribution < 1.29 is 19.1 Å². The first-order valence-electron chi connectivity index (χ1n) is 17.4. The van der Waals surface area contributed by atoms with Gasteiger partial charge in [-0.05, 0) is 94.0 Å². The fourth-order valence-electron chi connectivity index (χ4n) is 8.91. The molecular formula is C38H40N4O4Si. The maximum Gasteiger partial charge on any atom is 0.253 e. The number of hydrogen-bond donors (Lipinski definition) is 1. The van der Waals surface area contributed by atoms with E-state index in [0.29, 0.717) is 12.2 Å². The Morgan fingerprint density at radius 2 is 1.36 bits per heavy atom. The molecule has 3 amide bonds. The van der Waals surface area contributed by atoms with E-state index in [0.717, 1.165) is 42.2 Å². The Bertz CT molecular complexity index is 1770. The monoisotopic (exact) mass is 644 g/mol. The summed E-state index contributed by atoms with van der Waals surface area (Å²) in [6, 6.07) is 22.9. The van der Waals surface area contributed by atoms with Gasteiger partial charge in [0.15, 0.2) is 0 Å². The molecule has 0 aliphatic carbocycles. The van der Waals surface area contributed by atoms with Crippen LogP contribution in [0.15, 0.2) is 66.7 Å². The Labute approximate surface area is 276 Å². The third-order valence-electron chi connectivity index (χ3n) is 11.7. The summed E-state index contributed by atoms with van der Waals surface area (Å²) in [5.41, 5.74) is 7.14. The molecule has 0 saturated carbocycles. The number of anilines is 2. The normalized spacial score (nSPS) is 21.4. The summed E-state index contributed by atoms with van der Waals surface area (Å²) in [4.78, 5) is 43.7. The number of imide groups is 1. The van der Waals surface area contributed by atoms with Gasteiger partial charge in [0, 0.05) is 68.4 Å². The van der Waals surface area contributed by atoms with Crippen molar-refractivity contribution in [1.82, 2.24) is 10.2 Å². The van der Waals surface area contributed by atoms with Gasteiger partial charge in [-0.15, -0.1) is 0 Å². The van der Waals surface area contributed by atoms with Crippen molar-refractivity contribution >= 4 is 47.5 Å². The van der Waals surface area contributed by atoms with E-state index in [1.54, 1.807) is 0 Å². The van der Waals surface area contributed by atoms with Crippen LogP contribution >= 0.6 is 0 Å². The van der Waals surface area contributed by atoms with Crippen molar-refractivity contribution in [2.24, 2.45) is 0 Å². The second-order valence-electron chi connectivity index (χ2n) is 14.0. The molecule has 47 heavy (non-hydrogen) atoms. The highest BCUT2D eigenvalue weighted by molar-refractivity contribution is 7.03. The lowest BCUT2D eigenvalue weighted by molar-refractivity contribution is -0.136. The van der Waals surface area contributed by atoms with Gasteiger partial charge in [0.25, 0.3) is 17.7 Å². The average Bonchev–Trinajstić information content (AvgIpc) is 3.58. The molecule has 3 fully saturated rings. The van der Waals surface area contributed by atoms with E-state index in [4.69, 9.17) is 4.74 Å². The number of fused-ring (bicyclic) bond motifs is 8. The molecule has 0 radical (unpaired) electrons. The lowest BCUT2D eigenvalue weighted by atomic mass is 9.78. The molecule has 3 aromatic rings. The molecule has 3 saturated heterocycles. The fourth-order valence-corrected chi connectivity index (χ4v) is 14.6. The highest BCUT2D eigenvalue weighted by Gasteiger charge is 2.56. The number of carbonyl (C=O) groups excluding carboxylic acids is 3. The lowest BCUT2D eigenvalue weighted by Gasteiger charge is -2.49. The topological polar surface area (TPSA) is 82.2 Å². The van der Waals surface area contributed by atoms with Gasteiger partial charge in [0.05, 0.1) is 6.61 Å². The van der Waals surface area contributed by atoms with Gasteiger partial charge in [-0.3, -0.25) is 19.3 Å². The summed E-state index contributed by atoms with van der Waals surface area (Å²) >= 11 is 0. The number of rotatable bonds is 6. The van der Waals surface area contributed by atoms with Gasteiger partial charge in [0.1, 0.15) is 13.7 Å². The van der Waals surface area contributed by atoms with Gasteiger partial charge in [-0.2, -0.15) is 0 Å². The standard InChI is InChI=1S/C38H40N4O4Si/c43-35-12-13-36(44)42(35)19-14-39-37(45)26-6-7-27-25-46-38(32(27)22-26)30-10-8-28(40-15-4-16-40)23-33(30)47(20-2-1-3-21-47)34-24-29(9-11-31(34)38)41-17-5-18-41/h6-13,22-24H,1-5,14-21,25H2,(H,39,45). The van der Waals surface area contributed by atoms with Crippen LogP contribution in [-0.4, -0.2) is 70.0 Å². The molecule has 0 aromatic heterocycles. The second-order valence-corrected chi connectivity index (χ2v) is 18.3. The van der Waals surface area contributed by atoms with Gasteiger partial charge in [-0.25, -0.2) is 0 Å². The summed E-state index contributed by atoms with van der Waals surface area (Å²) in [7, 11) is -2.11. The van der Waals surface area contributed by atoms with E-state index >= 15 is 0 Å². The number of ether oxygens (including phenoxy) is 1. The van der Waals surface area contributed by atoms with Crippen LogP contribution in [0.3, 0.4) is 0 Å². The molecule has 6 aliphatic rings. The average molecular weight is 645 g/mol. The van der Waals surface area contributed by atoms with E-state index in [9.17, 15) is 14.4 Å². The molecule has 0 unspecified atom stereocenters. The van der Waals surface area contributed by atoms with Crippen molar-refractivity contribution in [3.8, 4) is 0 Å². The summed E-state index contributed by atoms with van der Waals surface area (Å²) in [5, 5.41) is 6.01. The van der Waals surface area contributed by atoms with Gasteiger partial charge < -0.3 is 19.9 Å². The van der Waals surface area contributed by atoms with Crippen molar-refractivity contribution in [3.63, 3.8) is 0 Å². The van der Waals surface area contributed by atoms with Crippen LogP contribution in [0, 0.1) is 0 Å². The number of nitrogens with one attached hydrogen (secondary N) is 1. The van der Waals surface area contributed by atoms with E-state index in [1.165, 1.54) is 89.2 Å². The van der Waals surface area contributed by atoms with Gasteiger partial charge in [-0.1, -0.05) is 37.5 Å². The quantitative estimate of drug-likeness (QED) is 0.326. The Morgan fingerprint density at radius 1 is 0.745 bits per heavy atom. The molecule has 0 bridgehead atoms. The predicted molar refractivity (Wildman–Crippen MR) is 184 cm³/mol. The summed E-state index contributed by atoms with van der Waals surface area (Å²) < 4.78 is 7.10. The van der Waals surface area contributed by atoms with Crippen LogP contribution in [0.1, 0.15) is 64.7 Å². The van der Waals surface area contributed by atoms with Crippen LogP contribution in [0.5, 0.6) is 0 Å². The molecule has 240 valence electrons. The Hall–Kier alpha value is -4.21. The first-order valence-corrected chi connectivity index (χ1v) is 19.8. The van der Waals surface area contributed by atoms with Crippen LogP contribution < -0.4 is 25.5 Å². The Balaban J connectivity index is 1.16. The lowest BCUT2D eigenvalue weighted by Crippen LogP contribution is -2.67. The van der Waals surface area contributed by atoms with E-state index in [2.05, 4.69) is 51.5 Å². The van der Waals surface area contributed by atoms with Crippen molar-refractivity contribution in [2.75, 3.05) is 49.1 Å².